The van der Waals surface area contributed by atoms with Gasteiger partial charge >= 0.3 is 5.97 Å². The second kappa shape index (κ2) is 12.7. The van der Waals surface area contributed by atoms with Crippen LogP contribution in [-0.2, 0) is 25.6 Å². The fraction of sp³-hybridized carbons (Fsp3) is 0.562. The van der Waals surface area contributed by atoms with E-state index >= 15 is 0 Å². The highest BCUT2D eigenvalue weighted by atomic mass is 32.2. The van der Waals surface area contributed by atoms with Gasteiger partial charge in [0.15, 0.2) is 0 Å². The molecular formula is C16H26N6O6S. The number of nitrogens with one attached hydrogen (secondary N) is 4. The predicted octanol–water partition coefficient (Wildman–Crippen LogP) is -2.80. The Balaban J connectivity index is 2.76. The van der Waals surface area contributed by atoms with E-state index in [1.807, 2.05) is 6.26 Å². The lowest BCUT2D eigenvalue weighted by Gasteiger charge is -2.21. The molecule has 8 N–H and O–H groups in total. The molecule has 0 spiro atoms. The van der Waals surface area contributed by atoms with Crippen LogP contribution in [0.3, 0.4) is 0 Å². The Hall–Kier alpha value is -2.64. The van der Waals surface area contributed by atoms with Gasteiger partial charge in [0.25, 0.3) is 0 Å². The van der Waals surface area contributed by atoms with Crippen molar-refractivity contribution in [3.8, 4) is 0 Å². The molecule has 0 aromatic carbocycles. The molecule has 1 heterocycles. The zero-order chi connectivity index (χ0) is 21.8. The fourth-order valence-corrected chi connectivity index (χ4v) is 2.69. The van der Waals surface area contributed by atoms with E-state index in [0.29, 0.717) is 11.4 Å². The number of carboxylic acids is 1. The summed E-state index contributed by atoms with van der Waals surface area (Å²) < 4.78 is 0. The normalized spacial score (nSPS) is 13.8. The van der Waals surface area contributed by atoms with Crippen LogP contribution in [0.1, 0.15) is 12.1 Å². The average Bonchev–Trinajstić information content (AvgIpc) is 3.20. The second-order valence-electron chi connectivity index (χ2n) is 6.09. The van der Waals surface area contributed by atoms with E-state index in [4.69, 9.17) is 10.8 Å². The molecule has 1 aromatic rings. The number of carboxylic acid groups (broad SMARTS) is 1. The van der Waals surface area contributed by atoms with E-state index in [1.165, 1.54) is 24.3 Å². The first-order chi connectivity index (χ1) is 13.8. The third kappa shape index (κ3) is 8.93. The van der Waals surface area contributed by atoms with Gasteiger partial charge in [-0.3, -0.25) is 14.4 Å². The number of nitrogens with two attached hydrogens (primary N) is 1. The Labute approximate surface area is 171 Å². The highest BCUT2D eigenvalue weighted by Gasteiger charge is 2.27. The Kier molecular flexibility index (Phi) is 10.7. The van der Waals surface area contributed by atoms with E-state index in [1.54, 1.807) is 0 Å². The molecular weight excluding hydrogens is 404 g/mol. The first kappa shape index (κ1) is 24.4. The van der Waals surface area contributed by atoms with Gasteiger partial charge in [-0.1, -0.05) is 0 Å². The number of hydrogen-bond donors (Lipinski definition) is 7. The maximum atomic E-state index is 12.6. The minimum Gasteiger partial charge on any atom is -0.480 e. The van der Waals surface area contributed by atoms with Gasteiger partial charge < -0.3 is 36.9 Å². The number of aromatic amines is 1. The lowest BCUT2D eigenvalue weighted by molar-refractivity contribution is -0.142. The summed E-state index contributed by atoms with van der Waals surface area (Å²) >= 11 is 1.44. The molecule has 0 bridgehead atoms. The van der Waals surface area contributed by atoms with Crippen molar-refractivity contribution in [3.05, 3.63) is 18.2 Å². The largest absolute Gasteiger partial charge is 0.480 e. The van der Waals surface area contributed by atoms with Gasteiger partial charge in [-0.25, -0.2) is 9.78 Å². The van der Waals surface area contributed by atoms with Crippen molar-refractivity contribution < 1.29 is 29.4 Å². The number of aliphatic carboxylic acids is 1. The van der Waals surface area contributed by atoms with Crippen molar-refractivity contribution in [3.63, 3.8) is 0 Å². The highest BCUT2D eigenvalue weighted by molar-refractivity contribution is 7.98. The van der Waals surface area contributed by atoms with E-state index in [9.17, 15) is 24.3 Å². The summed E-state index contributed by atoms with van der Waals surface area (Å²) in [4.78, 5) is 54.3. The molecule has 1 rings (SSSR count). The molecule has 0 saturated carbocycles. The van der Waals surface area contributed by atoms with Crippen LogP contribution < -0.4 is 21.7 Å². The molecule has 0 aliphatic carbocycles. The molecule has 3 amide bonds. The second-order valence-corrected chi connectivity index (χ2v) is 7.07. The van der Waals surface area contributed by atoms with Crippen molar-refractivity contribution in [2.75, 3.05) is 25.2 Å². The topological polar surface area (TPSA) is 200 Å². The molecule has 0 aliphatic rings. The number of aliphatic hydroxyl groups excluding tert-OH is 1. The molecule has 162 valence electrons. The molecule has 0 radical (unpaired) electrons. The number of hydrogen-bond acceptors (Lipinski definition) is 8. The van der Waals surface area contributed by atoms with Crippen molar-refractivity contribution in [2.24, 2.45) is 5.73 Å². The van der Waals surface area contributed by atoms with Crippen molar-refractivity contribution in [1.82, 2.24) is 25.9 Å². The minimum absolute atomic E-state index is 0.0382. The number of thioether (sulfide) groups is 1. The molecule has 0 fully saturated rings. The van der Waals surface area contributed by atoms with Gasteiger partial charge in [-0.05, 0) is 18.4 Å². The quantitative estimate of drug-likeness (QED) is 0.173. The van der Waals surface area contributed by atoms with Crippen molar-refractivity contribution in [2.45, 2.75) is 31.0 Å². The molecule has 12 nitrogen and oxygen atoms in total. The third-order valence-electron chi connectivity index (χ3n) is 3.81. The molecule has 29 heavy (non-hydrogen) atoms. The number of carbonyl (C=O) groups excluding carboxylic acids is 3. The molecule has 0 aliphatic heterocycles. The Morgan fingerprint density at radius 2 is 1.97 bits per heavy atom. The summed E-state index contributed by atoms with van der Waals surface area (Å²) in [6.45, 7) is -1.04. The Morgan fingerprint density at radius 3 is 2.52 bits per heavy atom. The Morgan fingerprint density at radius 1 is 1.24 bits per heavy atom. The molecule has 3 atom stereocenters. The number of H-pyrrole nitrogens is 1. The Bertz CT molecular complexity index is 685. The van der Waals surface area contributed by atoms with Crippen LogP contribution >= 0.6 is 11.8 Å². The van der Waals surface area contributed by atoms with Gasteiger partial charge in [-0.15, -0.1) is 0 Å². The number of imidazole rings is 1. The minimum atomic E-state index is -1.18. The summed E-state index contributed by atoms with van der Waals surface area (Å²) in [5.74, 6) is -2.73. The molecule has 0 saturated heterocycles. The third-order valence-corrected chi connectivity index (χ3v) is 4.46. The molecule has 1 aromatic heterocycles. The average molecular weight is 430 g/mol. The van der Waals surface area contributed by atoms with Crippen LogP contribution in [0, 0.1) is 0 Å². The number of nitrogens with zero attached hydrogens (tertiary/aromatic N) is 1. The summed E-state index contributed by atoms with van der Waals surface area (Å²) in [5, 5.41) is 25.2. The SMILES string of the molecule is CSCCC(NC(=O)C(Cc1cnc[nH]1)NC(=O)CNC(=O)C(N)CO)C(=O)O. The lowest BCUT2D eigenvalue weighted by atomic mass is 10.1. The number of carbonyl (C=O) groups is 4. The zero-order valence-electron chi connectivity index (χ0n) is 15.9. The first-order valence-electron chi connectivity index (χ1n) is 8.71. The van der Waals surface area contributed by atoms with Crippen molar-refractivity contribution in [1.29, 1.82) is 0 Å². The summed E-state index contributed by atoms with van der Waals surface area (Å²) in [6, 6.07) is -3.36. The maximum absolute atomic E-state index is 12.6. The maximum Gasteiger partial charge on any atom is 0.326 e. The van der Waals surface area contributed by atoms with E-state index in [0.717, 1.165) is 0 Å². The summed E-state index contributed by atoms with van der Waals surface area (Å²) in [7, 11) is 0. The van der Waals surface area contributed by atoms with Gasteiger partial charge in [0.2, 0.25) is 17.7 Å². The molecule has 3 unspecified atom stereocenters. The van der Waals surface area contributed by atoms with Gasteiger partial charge in [0.05, 0.1) is 19.5 Å². The van der Waals surface area contributed by atoms with Crippen LogP contribution in [-0.4, -0.2) is 87.2 Å². The zero-order valence-corrected chi connectivity index (χ0v) is 16.7. The van der Waals surface area contributed by atoms with E-state index in [-0.39, 0.29) is 12.8 Å². The fourth-order valence-electron chi connectivity index (χ4n) is 2.22. The van der Waals surface area contributed by atoms with Crippen LogP contribution in [0.2, 0.25) is 0 Å². The van der Waals surface area contributed by atoms with Crippen LogP contribution in [0.5, 0.6) is 0 Å². The van der Waals surface area contributed by atoms with Crippen LogP contribution in [0.4, 0.5) is 0 Å². The summed E-state index contributed by atoms with van der Waals surface area (Å²) in [6.07, 6.45) is 4.95. The number of rotatable bonds is 13. The molecule has 13 heteroatoms. The van der Waals surface area contributed by atoms with Crippen molar-refractivity contribution >= 4 is 35.5 Å². The standard InChI is InChI=1S/C16H26N6O6S/c1-29-3-2-11(16(27)28)22-15(26)12(4-9-5-18-8-20-9)21-13(24)6-19-14(25)10(17)7-23/h5,8,10-12,23H,2-4,6-7,17H2,1H3,(H,18,20)(H,19,25)(H,21,24)(H,22,26)(H,27,28). The summed E-state index contributed by atoms with van der Waals surface area (Å²) in [5.41, 5.74) is 5.89. The number of amides is 3. The van der Waals surface area contributed by atoms with E-state index in [2.05, 4.69) is 25.9 Å². The van der Waals surface area contributed by atoms with Gasteiger partial charge in [0, 0.05) is 18.3 Å². The number of aromatic nitrogens is 2. The van der Waals surface area contributed by atoms with Crippen LogP contribution in [0.15, 0.2) is 12.5 Å². The lowest BCUT2D eigenvalue weighted by Crippen LogP contribution is -2.54. The smallest absolute Gasteiger partial charge is 0.326 e. The highest BCUT2D eigenvalue weighted by Crippen LogP contribution is 2.04. The van der Waals surface area contributed by atoms with Crippen LogP contribution in [0.25, 0.3) is 0 Å². The van der Waals surface area contributed by atoms with E-state index < -0.39 is 55.0 Å². The van der Waals surface area contributed by atoms with Gasteiger partial charge in [0.1, 0.15) is 18.1 Å². The number of aliphatic hydroxyl groups is 1. The first-order valence-corrected chi connectivity index (χ1v) is 10.1. The monoisotopic (exact) mass is 430 g/mol. The predicted molar refractivity (Wildman–Crippen MR) is 105 cm³/mol. The van der Waals surface area contributed by atoms with Gasteiger partial charge in [-0.2, -0.15) is 11.8 Å².